The predicted molar refractivity (Wildman–Crippen MR) is 101 cm³/mol. The molecular weight excluding hydrogens is 310 g/mol. The molecule has 3 rings (SSSR count). The number of nitrogens with one attached hydrogen (secondary N) is 1. The van der Waals surface area contributed by atoms with Crippen LogP contribution in [0.15, 0.2) is 48.7 Å². The number of pyridine rings is 2. The van der Waals surface area contributed by atoms with Gasteiger partial charge in [-0.05, 0) is 53.8 Å². The molecule has 128 valence electrons. The summed E-state index contributed by atoms with van der Waals surface area (Å²) in [5, 5.41) is 3.96. The SMILES string of the molecule is Cc1cc(CNC(=O)c2ccc3cc(C(C)(C)C)ccc3n2)ccn1. The van der Waals surface area contributed by atoms with Crippen molar-refractivity contribution in [3.63, 3.8) is 0 Å². The van der Waals surface area contributed by atoms with Gasteiger partial charge in [-0.3, -0.25) is 9.78 Å². The summed E-state index contributed by atoms with van der Waals surface area (Å²) < 4.78 is 0. The van der Waals surface area contributed by atoms with Crippen molar-refractivity contribution in [3.8, 4) is 0 Å². The van der Waals surface area contributed by atoms with Crippen LogP contribution >= 0.6 is 0 Å². The van der Waals surface area contributed by atoms with Crippen molar-refractivity contribution in [1.29, 1.82) is 0 Å². The van der Waals surface area contributed by atoms with Crippen molar-refractivity contribution >= 4 is 16.8 Å². The fourth-order valence-electron chi connectivity index (χ4n) is 2.71. The largest absolute Gasteiger partial charge is 0.347 e. The number of aryl methyl sites for hydroxylation is 1. The maximum Gasteiger partial charge on any atom is 0.270 e. The molecule has 0 unspecified atom stereocenters. The molecule has 0 spiro atoms. The molecule has 25 heavy (non-hydrogen) atoms. The van der Waals surface area contributed by atoms with Crippen LogP contribution in [0.2, 0.25) is 0 Å². The van der Waals surface area contributed by atoms with E-state index in [4.69, 9.17) is 0 Å². The molecule has 4 nitrogen and oxygen atoms in total. The van der Waals surface area contributed by atoms with E-state index in [9.17, 15) is 4.79 Å². The number of amides is 1. The van der Waals surface area contributed by atoms with E-state index >= 15 is 0 Å². The lowest BCUT2D eigenvalue weighted by Crippen LogP contribution is -2.23. The summed E-state index contributed by atoms with van der Waals surface area (Å²) in [5.74, 6) is -0.170. The average molecular weight is 333 g/mol. The third kappa shape index (κ3) is 4.02. The number of fused-ring (bicyclic) bond motifs is 1. The van der Waals surface area contributed by atoms with Crippen molar-refractivity contribution in [2.24, 2.45) is 0 Å². The van der Waals surface area contributed by atoms with Gasteiger partial charge < -0.3 is 5.32 Å². The van der Waals surface area contributed by atoms with Gasteiger partial charge in [-0.2, -0.15) is 0 Å². The van der Waals surface area contributed by atoms with Crippen molar-refractivity contribution < 1.29 is 4.79 Å². The Hall–Kier alpha value is -2.75. The number of benzene rings is 1. The summed E-state index contributed by atoms with van der Waals surface area (Å²) in [4.78, 5) is 21.0. The number of nitrogens with zero attached hydrogens (tertiary/aromatic N) is 2. The smallest absolute Gasteiger partial charge is 0.270 e. The highest BCUT2D eigenvalue weighted by molar-refractivity contribution is 5.94. The highest BCUT2D eigenvalue weighted by atomic mass is 16.1. The topological polar surface area (TPSA) is 54.9 Å². The van der Waals surface area contributed by atoms with E-state index in [2.05, 4.69) is 48.2 Å². The number of aromatic nitrogens is 2. The lowest BCUT2D eigenvalue weighted by Gasteiger charge is -2.19. The van der Waals surface area contributed by atoms with Gasteiger partial charge in [0.15, 0.2) is 0 Å². The van der Waals surface area contributed by atoms with E-state index < -0.39 is 0 Å². The van der Waals surface area contributed by atoms with Gasteiger partial charge in [0.1, 0.15) is 5.69 Å². The standard InChI is InChI=1S/C21H23N3O/c1-14-11-15(9-10-22-14)13-23-20(25)19-7-5-16-12-17(21(2,3)4)6-8-18(16)24-19/h5-12H,13H2,1-4H3,(H,23,25). The summed E-state index contributed by atoms with van der Waals surface area (Å²) in [6.07, 6.45) is 1.75. The van der Waals surface area contributed by atoms with Gasteiger partial charge in [-0.25, -0.2) is 4.98 Å². The van der Waals surface area contributed by atoms with Crippen LogP contribution < -0.4 is 5.32 Å². The summed E-state index contributed by atoms with van der Waals surface area (Å²) in [6.45, 7) is 8.95. The molecule has 3 aromatic rings. The molecule has 4 heteroatoms. The van der Waals surface area contributed by atoms with Gasteiger partial charge in [0, 0.05) is 23.8 Å². The quantitative estimate of drug-likeness (QED) is 0.783. The first-order valence-corrected chi connectivity index (χ1v) is 8.44. The second-order valence-corrected chi connectivity index (χ2v) is 7.34. The molecule has 2 heterocycles. The van der Waals surface area contributed by atoms with E-state index in [-0.39, 0.29) is 11.3 Å². The van der Waals surface area contributed by atoms with Crippen molar-refractivity contribution in [1.82, 2.24) is 15.3 Å². The normalized spacial score (nSPS) is 11.5. The van der Waals surface area contributed by atoms with Crippen LogP contribution in [-0.2, 0) is 12.0 Å². The third-order valence-electron chi connectivity index (χ3n) is 4.20. The van der Waals surface area contributed by atoms with Crippen molar-refractivity contribution in [2.45, 2.75) is 39.7 Å². The minimum Gasteiger partial charge on any atom is -0.347 e. The molecule has 0 aliphatic carbocycles. The molecule has 0 bridgehead atoms. The van der Waals surface area contributed by atoms with Crippen LogP contribution in [0, 0.1) is 6.92 Å². The zero-order chi connectivity index (χ0) is 18.0. The first kappa shape index (κ1) is 17.1. The Morgan fingerprint density at radius 1 is 1.08 bits per heavy atom. The molecule has 0 aliphatic rings. The van der Waals surface area contributed by atoms with Gasteiger partial charge in [0.25, 0.3) is 5.91 Å². The van der Waals surface area contributed by atoms with Crippen LogP contribution in [0.4, 0.5) is 0 Å². The number of carbonyl (C=O) groups is 1. The Morgan fingerprint density at radius 3 is 2.60 bits per heavy atom. The molecule has 2 aromatic heterocycles. The third-order valence-corrected chi connectivity index (χ3v) is 4.20. The fourth-order valence-corrected chi connectivity index (χ4v) is 2.71. The first-order valence-electron chi connectivity index (χ1n) is 8.44. The number of rotatable bonds is 3. The Kier molecular flexibility index (Phi) is 4.53. The van der Waals surface area contributed by atoms with Gasteiger partial charge in [-0.15, -0.1) is 0 Å². The molecule has 1 amide bonds. The van der Waals surface area contributed by atoms with Crippen molar-refractivity contribution in [2.75, 3.05) is 0 Å². The first-order chi connectivity index (χ1) is 11.8. The van der Waals surface area contributed by atoms with Crippen LogP contribution in [0.1, 0.15) is 48.1 Å². The maximum atomic E-state index is 12.4. The number of carbonyl (C=O) groups excluding carboxylic acids is 1. The lowest BCUT2D eigenvalue weighted by molar-refractivity contribution is 0.0946. The molecule has 0 saturated heterocycles. The lowest BCUT2D eigenvalue weighted by atomic mass is 9.86. The average Bonchev–Trinajstić information content (AvgIpc) is 2.58. The van der Waals surface area contributed by atoms with Crippen LogP contribution in [-0.4, -0.2) is 15.9 Å². The predicted octanol–water partition coefficient (Wildman–Crippen LogP) is 4.17. The van der Waals surface area contributed by atoms with E-state index in [0.717, 1.165) is 22.2 Å². The highest BCUT2D eigenvalue weighted by Crippen LogP contribution is 2.25. The van der Waals surface area contributed by atoms with Crippen LogP contribution in [0.3, 0.4) is 0 Å². The van der Waals surface area contributed by atoms with E-state index in [1.54, 1.807) is 12.3 Å². The molecule has 1 aromatic carbocycles. The van der Waals surface area contributed by atoms with Crippen molar-refractivity contribution in [3.05, 3.63) is 71.2 Å². The number of hydrogen-bond acceptors (Lipinski definition) is 3. The molecule has 1 N–H and O–H groups in total. The zero-order valence-electron chi connectivity index (χ0n) is 15.1. The van der Waals surface area contributed by atoms with Gasteiger partial charge in [0.2, 0.25) is 0 Å². The Morgan fingerprint density at radius 2 is 1.88 bits per heavy atom. The Labute approximate surface area is 148 Å². The summed E-state index contributed by atoms with van der Waals surface area (Å²) in [5.41, 5.74) is 4.57. The molecular formula is C21H23N3O. The summed E-state index contributed by atoms with van der Waals surface area (Å²) in [6, 6.07) is 13.8. The van der Waals surface area contributed by atoms with Gasteiger partial charge in [-0.1, -0.05) is 32.9 Å². The molecule has 0 atom stereocenters. The van der Waals surface area contributed by atoms with E-state index in [1.165, 1.54) is 5.56 Å². The zero-order valence-corrected chi connectivity index (χ0v) is 15.1. The highest BCUT2D eigenvalue weighted by Gasteiger charge is 2.14. The van der Waals surface area contributed by atoms with E-state index in [1.807, 2.05) is 31.2 Å². The van der Waals surface area contributed by atoms with Crippen LogP contribution in [0.5, 0.6) is 0 Å². The van der Waals surface area contributed by atoms with Crippen LogP contribution in [0.25, 0.3) is 10.9 Å². The molecule has 0 fully saturated rings. The monoisotopic (exact) mass is 333 g/mol. The second kappa shape index (κ2) is 6.63. The molecule has 0 radical (unpaired) electrons. The van der Waals surface area contributed by atoms with Gasteiger partial charge in [0.05, 0.1) is 5.52 Å². The number of hydrogen-bond donors (Lipinski definition) is 1. The summed E-state index contributed by atoms with van der Waals surface area (Å²) in [7, 11) is 0. The minimum atomic E-state index is -0.170. The summed E-state index contributed by atoms with van der Waals surface area (Å²) >= 11 is 0. The van der Waals surface area contributed by atoms with E-state index in [0.29, 0.717) is 12.2 Å². The fraction of sp³-hybridized carbons (Fsp3) is 0.286. The maximum absolute atomic E-state index is 12.4. The minimum absolute atomic E-state index is 0.0902. The Balaban J connectivity index is 1.78. The second-order valence-electron chi connectivity index (χ2n) is 7.34. The Bertz CT molecular complexity index is 926. The van der Waals surface area contributed by atoms with Gasteiger partial charge >= 0.3 is 0 Å². The molecule has 0 saturated carbocycles. The molecule has 0 aliphatic heterocycles.